The molecule has 0 aliphatic heterocycles. The van der Waals surface area contributed by atoms with Gasteiger partial charge >= 0.3 is 19.8 Å². The molecule has 10 heteroatoms. The van der Waals surface area contributed by atoms with Crippen LogP contribution in [0.1, 0.15) is 322 Å². The van der Waals surface area contributed by atoms with Gasteiger partial charge in [0.05, 0.1) is 13.2 Å². The number of ether oxygens (including phenoxy) is 2. The van der Waals surface area contributed by atoms with E-state index in [1.165, 1.54) is 212 Å². The zero-order chi connectivity index (χ0) is 55.9. The minimum atomic E-state index is -4.39. The molecule has 450 valence electrons. The largest absolute Gasteiger partial charge is 0.472 e. The van der Waals surface area contributed by atoms with Crippen LogP contribution in [0.4, 0.5) is 0 Å². The minimum absolute atomic E-state index is 0.0517. The van der Waals surface area contributed by atoms with Crippen LogP contribution in [-0.4, -0.2) is 49.3 Å². The van der Waals surface area contributed by atoms with Gasteiger partial charge in [-0.15, -0.1) is 0 Å². The molecule has 0 aromatic rings. The average Bonchev–Trinajstić information content (AvgIpc) is 3.42. The normalized spacial score (nSPS) is 13.4. The van der Waals surface area contributed by atoms with E-state index in [0.29, 0.717) is 6.42 Å². The molecule has 2 atom stereocenters. The van der Waals surface area contributed by atoms with Crippen molar-refractivity contribution in [1.29, 1.82) is 0 Å². The first-order chi connectivity index (χ1) is 37.8. The van der Waals surface area contributed by atoms with E-state index in [1.54, 1.807) is 0 Å². The molecule has 0 aromatic carbocycles. The van der Waals surface area contributed by atoms with Gasteiger partial charge in [-0.1, -0.05) is 312 Å². The predicted molar refractivity (Wildman–Crippen MR) is 330 cm³/mol. The molecule has 0 spiro atoms. The molecular weight excluding hydrogens is 978 g/mol. The summed E-state index contributed by atoms with van der Waals surface area (Å²) in [5, 5.41) is 0. The number of hydrogen-bond acceptors (Lipinski definition) is 8. The van der Waals surface area contributed by atoms with Crippen LogP contribution in [0.2, 0.25) is 0 Å². The number of phosphoric acid groups is 1. The van der Waals surface area contributed by atoms with Crippen molar-refractivity contribution in [2.24, 2.45) is 5.73 Å². The molecule has 0 saturated heterocycles. The maximum absolute atomic E-state index is 12.7. The molecule has 0 aliphatic rings. The maximum atomic E-state index is 12.7. The zero-order valence-electron chi connectivity index (χ0n) is 50.4. The van der Waals surface area contributed by atoms with Crippen molar-refractivity contribution in [2.45, 2.75) is 328 Å². The molecule has 0 aliphatic carbocycles. The Hall–Kier alpha value is -2.29. The molecule has 3 N–H and O–H groups in total. The van der Waals surface area contributed by atoms with Crippen LogP contribution in [-0.2, 0) is 32.7 Å². The molecule has 0 heterocycles. The van der Waals surface area contributed by atoms with Gasteiger partial charge in [-0.3, -0.25) is 18.6 Å². The number of allylic oxidation sites excluding steroid dienone is 10. The van der Waals surface area contributed by atoms with E-state index in [1.807, 2.05) is 0 Å². The highest BCUT2D eigenvalue weighted by molar-refractivity contribution is 7.47. The van der Waals surface area contributed by atoms with Crippen molar-refractivity contribution < 1.29 is 37.6 Å². The van der Waals surface area contributed by atoms with Crippen LogP contribution >= 0.6 is 7.82 Å². The quantitative estimate of drug-likeness (QED) is 0.0264. The van der Waals surface area contributed by atoms with Gasteiger partial charge in [0.25, 0.3) is 0 Å². The molecule has 0 rings (SSSR count). The number of rotatable bonds is 62. The number of phosphoric ester groups is 1. The number of nitrogens with two attached hydrogens (primary N) is 1. The van der Waals surface area contributed by atoms with Gasteiger partial charge in [0.1, 0.15) is 6.61 Å². The van der Waals surface area contributed by atoms with Crippen LogP contribution < -0.4 is 5.73 Å². The topological polar surface area (TPSA) is 134 Å². The summed E-state index contributed by atoms with van der Waals surface area (Å²) in [4.78, 5) is 35.3. The zero-order valence-corrected chi connectivity index (χ0v) is 51.3. The monoisotopic (exact) mass is 1100 g/mol. The standard InChI is InChI=1S/C67H124NO8P/c1-3-5-7-9-11-13-15-17-19-21-23-25-27-29-30-31-32-33-34-36-37-39-41-43-45-47-49-51-53-55-57-59-66(69)73-63-65(64-75-77(71,72)74-62-61-68)76-67(70)60-58-56-54-52-50-48-46-44-42-40-38-35-28-26-24-22-20-18-16-14-12-10-8-6-4-2/h6,8,12,14,18,20,24,26,35,38,65H,3-5,7,9-11,13,15-17,19,21-23,25,27-34,36-37,39-64,68H2,1-2H3,(H,71,72)/b8-6-,14-12-,20-18-,26-24-,38-35-. The molecule has 77 heavy (non-hydrogen) atoms. The molecular formula is C67H124NO8P. The first-order valence-electron chi connectivity index (χ1n) is 32.8. The molecule has 0 aromatic heterocycles. The van der Waals surface area contributed by atoms with Gasteiger partial charge in [-0.25, -0.2) is 4.57 Å². The maximum Gasteiger partial charge on any atom is 0.472 e. The van der Waals surface area contributed by atoms with E-state index in [-0.39, 0.29) is 38.6 Å². The van der Waals surface area contributed by atoms with Gasteiger partial charge in [0.2, 0.25) is 0 Å². The Labute approximate surface area is 476 Å². The summed E-state index contributed by atoms with van der Waals surface area (Å²) in [6, 6.07) is 0. The highest BCUT2D eigenvalue weighted by atomic mass is 31.2. The van der Waals surface area contributed by atoms with E-state index in [9.17, 15) is 19.0 Å². The van der Waals surface area contributed by atoms with Crippen molar-refractivity contribution in [3.8, 4) is 0 Å². The molecule has 2 unspecified atom stereocenters. The molecule has 9 nitrogen and oxygen atoms in total. The van der Waals surface area contributed by atoms with Gasteiger partial charge in [-0.2, -0.15) is 0 Å². The number of esters is 2. The van der Waals surface area contributed by atoms with E-state index in [2.05, 4.69) is 74.6 Å². The summed E-state index contributed by atoms with van der Waals surface area (Å²) >= 11 is 0. The molecule has 0 radical (unpaired) electrons. The van der Waals surface area contributed by atoms with E-state index >= 15 is 0 Å². The second-order valence-electron chi connectivity index (χ2n) is 22.0. The fraction of sp³-hybridized carbons (Fsp3) is 0.821. The fourth-order valence-corrected chi connectivity index (χ4v) is 10.4. The van der Waals surface area contributed by atoms with Crippen molar-refractivity contribution in [1.82, 2.24) is 0 Å². The lowest BCUT2D eigenvalue weighted by Gasteiger charge is -2.19. The summed E-state index contributed by atoms with van der Waals surface area (Å²) in [5.74, 6) is -0.822. The Kier molecular flexibility index (Phi) is 61.0. The predicted octanol–water partition coefficient (Wildman–Crippen LogP) is 21.1. The van der Waals surface area contributed by atoms with Crippen LogP contribution in [0.25, 0.3) is 0 Å². The Balaban J connectivity index is 3.88. The molecule has 0 bridgehead atoms. The number of hydrogen-bond donors (Lipinski definition) is 2. The fourth-order valence-electron chi connectivity index (χ4n) is 9.61. The third-order valence-electron chi connectivity index (χ3n) is 14.4. The van der Waals surface area contributed by atoms with E-state index < -0.39 is 26.5 Å². The summed E-state index contributed by atoms with van der Waals surface area (Å²) in [7, 11) is -4.39. The second kappa shape index (κ2) is 62.9. The second-order valence-corrected chi connectivity index (χ2v) is 23.4. The smallest absolute Gasteiger partial charge is 0.462 e. The first-order valence-corrected chi connectivity index (χ1v) is 34.3. The third kappa shape index (κ3) is 62.8. The van der Waals surface area contributed by atoms with Crippen LogP contribution in [0, 0.1) is 0 Å². The van der Waals surface area contributed by atoms with Gasteiger partial charge in [0.15, 0.2) is 6.10 Å². The highest BCUT2D eigenvalue weighted by Gasteiger charge is 2.26. The number of carbonyl (C=O) groups is 2. The van der Waals surface area contributed by atoms with Gasteiger partial charge < -0.3 is 20.1 Å². The summed E-state index contributed by atoms with van der Waals surface area (Å²) in [6.45, 7) is 3.67. The van der Waals surface area contributed by atoms with Crippen LogP contribution in [0.15, 0.2) is 60.8 Å². The molecule has 0 amide bonds. The van der Waals surface area contributed by atoms with Crippen molar-refractivity contribution >= 4 is 19.8 Å². The van der Waals surface area contributed by atoms with Crippen molar-refractivity contribution in [3.63, 3.8) is 0 Å². The lowest BCUT2D eigenvalue weighted by Crippen LogP contribution is -2.29. The van der Waals surface area contributed by atoms with Crippen LogP contribution in [0.5, 0.6) is 0 Å². The summed E-state index contributed by atoms with van der Waals surface area (Å²) in [5.41, 5.74) is 5.39. The number of carbonyl (C=O) groups excluding carboxylic acids is 2. The number of unbranched alkanes of at least 4 members (excludes halogenated alkanes) is 39. The lowest BCUT2D eigenvalue weighted by atomic mass is 10.0. The Morgan fingerprint density at radius 2 is 0.714 bits per heavy atom. The highest BCUT2D eigenvalue weighted by Crippen LogP contribution is 2.43. The van der Waals surface area contributed by atoms with Crippen LogP contribution in [0.3, 0.4) is 0 Å². The third-order valence-corrected chi connectivity index (χ3v) is 15.4. The summed E-state index contributed by atoms with van der Waals surface area (Å²) in [6.07, 6.45) is 80.2. The van der Waals surface area contributed by atoms with Gasteiger partial charge in [-0.05, 0) is 57.8 Å². The Morgan fingerprint density at radius 1 is 0.403 bits per heavy atom. The van der Waals surface area contributed by atoms with E-state index in [4.69, 9.17) is 24.3 Å². The Bertz CT molecular complexity index is 1440. The van der Waals surface area contributed by atoms with Crippen molar-refractivity contribution in [2.75, 3.05) is 26.4 Å². The summed E-state index contributed by atoms with van der Waals surface area (Å²) < 4.78 is 33.1. The molecule has 0 fully saturated rings. The minimum Gasteiger partial charge on any atom is -0.462 e. The first kappa shape index (κ1) is 74.7. The van der Waals surface area contributed by atoms with Crippen molar-refractivity contribution in [3.05, 3.63) is 60.8 Å². The molecule has 0 saturated carbocycles. The lowest BCUT2D eigenvalue weighted by molar-refractivity contribution is -0.161. The van der Waals surface area contributed by atoms with E-state index in [0.717, 1.165) is 77.0 Å². The Morgan fingerprint density at radius 3 is 1.06 bits per heavy atom. The van der Waals surface area contributed by atoms with Gasteiger partial charge in [0, 0.05) is 19.4 Å². The SMILES string of the molecule is CC/C=C\C/C=C\C/C=C\C/C=C\C/C=C\CCCCCCCCCCCC(=O)OC(COC(=O)CCCCCCCCCCCCCCCCCCCCCCCCCCCCCCCCC)COP(=O)(O)OCCN. The average molecular weight is 1100 g/mol.